The number of nitrogens with zero attached hydrogens (tertiary/aromatic N) is 2. The first-order valence-electron chi connectivity index (χ1n) is 6.18. The molecule has 0 spiro atoms. The molecule has 0 aromatic heterocycles. The van der Waals surface area contributed by atoms with Crippen LogP contribution < -0.4 is 0 Å². The Bertz CT molecular complexity index is 616. The molecule has 0 saturated carbocycles. The maximum absolute atomic E-state index is 13.6. The molecule has 2 aromatic carbocycles. The first-order valence-corrected chi connectivity index (χ1v) is 6.18. The highest BCUT2D eigenvalue weighted by Gasteiger charge is 2.05. The fourth-order valence-electron chi connectivity index (χ4n) is 1.77. The second kappa shape index (κ2) is 6.19. The van der Waals surface area contributed by atoms with Gasteiger partial charge in [0.05, 0.1) is 11.4 Å². The highest BCUT2D eigenvalue weighted by Crippen LogP contribution is 2.10. The monoisotopic (exact) mass is 272 g/mol. The maximum atomic E-state index is 13.6. The Morgan fingerprint density at radius 1 is 0.700 bits per heavy atom. The van der Waals surface area contributed by atoms with Gasteiger partial charge in [0.1, 0.15) is 11.6 Å². The zero-order valence-electron chi connectivity index (χ0n) is 11.3. The predicted molar refractivity (Wildman–Crippen MR) is 77.2 cm³/mol. The number of rotatable bonds is 3. The Morgan fingerprint density at radius 3 is 1.40 bits per heavy atom. The van der Waals surface area contributed by atoms with Gasteiger partial charge in [0.2, 0.25) is 0 Å². The molecule has 0 aliphatic carbocycles. The third-order valence-electron chi connectivity index (χ3n) is 2.88. The van der Waals surface area contributed by atoms with Crippen molar-refractivity contribution >= 4 is 11.4 Å². The maximum Gasteiger partial charge on any atom is 0.132 e. The van der Waals surface area contributed by atoms with Crippen LogP contribution in [0.15, 0.2) is 58.7 Å². The highest BCUT2D eigenvalue weighted by molar-refractivity contribution is 6.01. The van der Waals surface area contributed by atoms with Crippen molar-refractivity contribution in [1.82, 2.24) is 0 Å². The average molecular weight is 272 g/mol. The molecular formula is C16H14F2N2. The fourth-order valence-corrected chi connectivity index (χ4v) is 1.77. The minimum atomic E-state index is -0.354. The van der Waals surface area contributed by atoms with E-state index in [1.807, 2.05) is 0 Å². The molecule has 0 atom stereocenters. The summed E-state index contributed by atoms with van der Waals surface area (Å²) >= 11 is 0. The normalized spacial score (nSPS) is 12.6. The van der Waals surface area contributed by atoms with E-state index in [0.29, 0.717) is 22.6 Å². The Labute approximate surface area is 116 Å². The van der Waals surface area contributed by atoms with Gasteiger partial charge in [-0.2, -0.15) is 10.2 Å². The van der Waals surface area contributed by atoms with E-state index < -0.39 is 0 Å². The summed E-state index contributed by atoms with van der Waals surface area (Å²) in [6, 6.07) is 12.7. The van der Waals surface area contributed by atoms with Crippen molar-refractivity contribution in [2.75, 3.05) is 0 Å². The second-order valence-corrected chi connectivity index (χ2v) is 4.33. The Hall–Kier alpha value is -2.36. The quantitative estimate of drug-likeness (QED) is 0.591. The highest BCUT2D eigenvalue weighted by atomic mass is 19.1. The lowest BCUT2D eigenvalue weighted by molar-refractivity contribution is 0.624. The van der Waals surface area contributed by atoms with Crippen LogP contribution in [0.2, 0.25) is 0 Å². The van der Waals surface area contributed by atoms with E-state index in [1.54, 1.807) is 50.2 Å². The number of hydrogen-bond acceptors (Lipinski definition) is 2. The molecule has 0 aliphatic heterocycles. The smallest absolute Gasteiger partial charge is 0.132 e. The molecule has 2 aromatic rings. The zero-order valence-corrected chi connectivity index (χ0v) is 11.3. The van der Waals surface area contributed by atoms with Crippen molar-refractivity contribution in [2.24, 2.45) is 10.2 Å². The Kier molecular flexibility index (Phi) is 4.35. The van der Waals surface area contributed by atoms with Crippen molar-refractivity contribution in [3.8, 4) is 0 Å². The summed E-state index contributed by atoms with van der Waals surface area (Å²) in [7, 11) is 0. The van der Waals surface area contributed by atoms with Gasteiger partial charge in [0.15, 0.2) is 0 Å². The Morgan fingerprint density at radius 2 is 1.05 bits per heavy atom. The molecule has 0 N–H and O–H groups in total. The van der Waals surface area contributed by atoms with E-state index in [2.05, 4.69) is 10.2 Å². The van der Waals surface area contributed by atoms with Crippen molar-refractivity contribution in [3.05, 3.63) is 71.3 Å². The second-order valence-electron chi connectivity index (χ2n) is 4.33. The minimum absolute atomic E-state index is 0.354. The SMILES string of the molecule is C/C(=N\N=C(/C)c1ccccc1F)c1ccccc1F. The molecule has 20 heavy (non-hydrogen) atoms. The Balaban J connectivity index is 2.30. The molecule has 0 aliphatic rings. The van der Waals surface area contributed by atoms with Crippen molar-refractivity contribution in [2.45, 2.75) is 13.8 Å². The first kappa shape index (κ1) is 14.1. The minimum Gasteiger partial charge on any atom is -0.206 e. The largest absolute Gasteiger partial charge is 0.206 e. The molecule has 4 heteroatoms. The number of halogens is 2. The van der Waals surface area contributed by atoms with E-state index >= 15 is 0 Å². The molecular weight excluding hydrogens is 258 g/mol. The van der Waals surface area contributed by atoms with Crippen LogP contribution in [0, 0.1) is 11.6 Å². The summed E-state index contributed by atoms with van der Waals surface area (Å²) in [4.78, 5) is 0. The molecule has 0 amide bonds. The van der Waals surface area contributed by atoms with Gasteiger partial charge in [0, 0.05) is 11.1 Å². The molecule has 2 nitrogen and oxygen atoms in total. The number of hydrogen-bond donors (Lipinski definition) is 0. The van der Waals surface area contributed by atoms with Gasteiger partial charge in [-0.15, -0.1) is 0 Å². The van der Waals surface area contributed by atoms with E-state index in [-0.39, 0.29) is 11.6 Å². The van der Waals surface area contributed by atoms with Crippen LogP contribution in [0.1, 0.15) is 25.0 Å². The summed E-state index contributed by atoms with van der Waals surface area (Å²) in [5.41, 5.74) is 1.66. The molecule has 0 heterocycles. The summed E-state index contributed by atoms with van der Waals surface area (Å²) < 4.78 is 27.1. The van der Waals surface area contributed by atoms with Crippen LogP contribution in [-0.4, -0.2) is 11.4 Å². The van der Waals surface area contributed by atoms with Crippen molar-refractivity contribution < 1.29 is 8.78 Å². The summed E-state index contributed by atoms with van der Waals surface area (Å²) in [5.74, 6) is -0.708. The van der Waals surface area contributed by atoms with Gasteiger partial charge in [-0.1, -0.05) is 36.4 Å². The molecule has 0 unspecified atom stereocenters. The van der Waals surface area contributed by atoms with Crippen molar-refractivity contribution in [3.63, 3.8) is 0 Å². The average Bonchev–Trinajstić information content (AvgIpc) is 2.45. The topological polar surface area (TPSA) is 24.7 Å². The van der Waals surface area contributed by atoms with Crippen LogP contribution in [0.5, 0.6) is 0 Å². The van der Waals surface area contributed by atoms with Gasteiger partial charge in [-0.3, -0.25) is 0 Å². The van der Waals surface area contributed by atoms with E-state index in [0.717, 1.165) is 0 Å². The molecule has 102 valence electrons. The third kappa shape index (κ3) is 3.15. The third-order valence-corrected chi connectivity index (χ3v) is 2.88. The van der Waals surface area contributed by atoms with Crippen LogP contribution in [0.25, 0.3) is 0 Å². The zero-order chi connectivity index (χ0) is 14.5. The van der Waals surface area contributed by atoms with Gasteiger partial charge >= 0.3 is 0 Å². The molecule has 0 fully saturated rings. The van der Waals surface area contributed by atoms with Gasteiger partial charge in [-0.25, -0.2) is 8.78 Å². The van der Waals surface area contributed by atoms with E-state index in [4.69, 9.17) is 0 Å². The lowest BCUT2D eigenvalue weighted by atomic mass is 10.1. The lowest BCUT2D eigenvalue weighted by Gasteiger charge is -2.02. The predicted octanol–water partition coefficient (Wildman–Crippen LogP) is 4.20. The summed E-state index contributed by atoms with van der Waals surface area (Å²) in [5, 5.41) is 7.94. The first-order chi connectivity index (χ1) is 9.59. The standard InChI is InChI=1S/C16H14F2N2/c1-11(13-7-3-5-9-15(13)17)19-20-12(2)14-8-4-6-10-16(14)18/h3-10H,1-2H3/b19-11+,20-12+. The van der Waals surface area contributed by atoms with Crippen LogP contribution in [-0.2, 0) is 0 Å². The van der Waals surface area contributed by atoms with Gasteiger partial charge < -0.3 is 0 Å². The molecule has 0 radical (unpaired) electrons. The van der Waals surface area contributed by atoms with Crippen LogP contribution >= 0.6 is 0 Å². The summed E-state index contributed by atoms with van der Waals surface area (Å²) in [6.45, 7) is 3.33. The number of benzene rings is 2. The van der Waals surface area contributed by atoms with Gasteiger partial charge in [-0.05, 0) is 26.0 Å². The van der Waals surface area contributed by atoms with Gasteiger partial charge in [0.25, 0.3) is 0 Å². The fraction of sp³-hybridized carbons (Fsp3) is 0.125. The molecule has 0 bridgehead atoms. The van der Waals surface area contributed by atoms with Crippen LogP contribution in [0.4, 0.5) is 8.78 Å². The molecule has 0 saturated heterocycles. The summed E-state index contributed by atoms with van der Waals surface area (Å²) in [6.07, 6.45) is 0. The van der Waals surface area contributed by atoms with E-state index in [9.17, 15) is 8.78 Å². The lowest BCUT2D eigenvalue weighted by Crippen LogP contribution is -2.00. The molecule has 2 rings (SSSR count). The van der Waals surface area contributed by atoms with E-state index in [1.165, 1.54) is 12.1 Å². The van der Waals surface area contributed by atoms with Crippen molar-refractivity contribution in [1.29, 1.82) is 0 Å². The van der Waals surface area contributed by atoms with Crippen LogP contribution in [0.3, 0.4) is 0 Å².